The Balaban J connectivity index is 1.88. The molecule has 1 aliphatic rings. The maximum atomic E-state index is 4.79. The second-order valence-electron chi connectivity index (χ2n) is 6.46. The van der Waals surface area contributed by atoms with Crippen molar-refractivity contribution in [1.82, 2.24) is 15.2 Å². The van der Waals surface area contributed by atoms with Crippen LogP contribution in [0.4, 0.5) is 0 Å². The first-order valence-electron chi connectivity index (χ1n) is 8.04. The van der Waals surface area contributed by atoms with Gasteiger partial charge in [0.05, 0.1) is 11.4 Å². The number of pyridine rings is 1. The van der Waals surface area contributed by atoms with Crippen LogP contribution in [0.2, 0.25) is 0 Å². The summed E-state index contributed by atoms with van der Waals surface area (Å²) in [5.41, 5.74) is 2.37. The molecule has 1 unspecified atom stereocenters. The Bertz CT molecular complexity index is 403. The van der Waals surface area contributed by atoms with E-state index in [0.717, 1.165) is 25.3 Å². The van der Waals surface area contributed by atoms with Crippen LogP contribution in [-0.2, 0) is 13.1 Å². The molecule has 0 amide bonds. The molecule has 3 heteroatoms. The van der Waals surface area contributed by atoms with E-state index in [9.17, 15) is 0 Å². The Hall–Kier alpha value is -0.930. The van der Waals surface area contributed by atoms with E-state index in [1.807, 2.05) is 0 Å². The van der Waals surface area contributed by atoms with Crippen LogP contribution in [0.25, 0.3) is 0 Å². The van der Waals surface area contributed by atoms with Crippen molar-refractivity contribution in [2.75, 3.05) is 13.1 Å². The molecule has 0 radical (unpaired) electrons. The first kappa shape index (κ1) is 15.5. The Morgan fingerprint density at radius 1 is 1.30 bits per heavy atom. The van der Waals surface area contributed by atoms with Gasteiger partial charge in [-0.1, -0.05) is 26.3 Å². The van der Waals surface area contributed by atoms with Gasteiger partial charge in [-0.15, -0.1) is 0 Å². The molecule has 3 nitrogen and oxygen atoms in total. The van der Waals surface area contributed by atoms with Crippen LogP contribution in [0.1, 0.15) is 51.4 Å². The molecule has 1 aliphatic heterocycles. The molecule has 0 saturated carbocycles. The van der Waals surface area contributed by atoms with Crippen molar-refractivity contribution in [2.45, 2.75) is 59.2 Å². The fourth-order valence-electron chi connectivity index (χ4n) is 2.81. The van der Waals surface area contributed by atoms with Gasteiger partial charge in [-0.25, -0.2) is 0 Å². The number of hydrogen-bond acceptors (Lipinski definition) is 3. The molecule has 1 atom stereocenters. The van der Waals surface area contributed by atoms with Crippen molar-refractivity contribution in [1.29, 1.82) is 0 Å². The molecule has 20 heavy (non-hydrogen) atoms. The van der Waals surface area contributed by atoms with Crippen molar-refractivity contribution in [3.05, 3.63) is 29.6 Å². The van der Waals surface area contributed by atoms with Crippen LogP contribution in [0, 0.1) is 5.92 Å². The van der Waals surface area contributed by atoms with Gasteiger partial charge in [0.2, 0.25) is 0 Å². The minimum Gasteiger partial charge on any atom is -0.311 e. The predicted molar refractivity (Wildman–Crippen MR) is 84.5 cm³/mol. The molecule has 1 aromatic heterocycles. The molecule has 2 rings (SSSR count). The number of piperidine rings is 1. The van der Waals surface area contributed by atoms with Gasteiger partial charge >= 0.3 is 0 Å². The van der Waals surface area contributed by atoms with Gasteiger partial charge in [-0.05, 0) is 50.9 Å². The third kappa shape index (κ3) is 4.88. The molecule has 1 fully saturated rings. The van der Waals surface area contributed by atoms with E-state index in [2.05, 4.69) is 49.2 Å². The lowest BCUT2D eigenvalue weighted by molar-refractivity contribution is 0.151. The van der Waals surface area contributed by atoms with E-state index in [1.165, 1.54) is 31.5 Å². The van der Waals surface area contributed by atoms with Gasteiger partial charge in [0.1, 0.15) is 0 Å². The van der Waals surface area contributed by atoms with E-state index >= 15 is 0 Å². The zero-order chi connectivity index (χ0) is 14.4. The predicted octanol–water partition coefficient (Wildman–Crippen LogP) is 3.20. The Kier molecular flexibility index (Phi) is 5.99. The van der Waals surface area contributed by atoms with E-state index in [4.69, 9.17) is 4.98 Å². The van der Waals surface area contributed by atoms with E-state index < -0.39 is 0 Å². The zero-order valence-electron chi connectivity index (χ0n) is 13.2. The summed E-state index contributed by atoms with van der Waals surface area (Å²) in [4.78, 5) is 7.36. The standard InChI is InChI=1S/C17H29N3/c1-14(2)11-18-12-16-8-6-9-17(19-16)13-20-10-5-4-7-15(20)3/h6,8-9,14-15,18H,4-5,7,10-13H2,1-3H3. The molecule has 0 spiro atoms. The highest BCUT2D eigenvalue weighted by molar-refractivity contribution is 5.11. The van der Waals surface area contributed by atoms with Gasteiger partial charge in [-0.2, -0.15) is 0 Å². The highest BCUT2D eigenvalue weighted by atomic mass is 15.2. The van der Waals surface area contributed by atoms with E-state index in [-0.39, 0.29) is 0 Å². The minimum absolute atomic E-state index is 0.687. The van der Waals surface area contributed by atoms with Crippen molar-refractivity contribution in [2.24, 2.45) is 5.92 Å². The highest BCUT2D eigenvalue weighted by Gasteiger charge is 2.18. The molecule has 1 aromatic rings. The summed E-state index contributed by atoms with van der Waals surface area (Å²) in [6.07, 6.45) is 4.04. The molecular formula is C17H29N3. The average molecular weight is 275 g/mol. The first-order chi connectivity index (χ1) is 9.65. The van der Waals surface area contributed by atoms with E-state index in [1.54, 1.807) is 0 Å². The number of nitrogens with one attached hydrogen (secondary N) is 1. The Morgan fingerprint density at radius 3 is 2.85 bits per heavy atom. The summed E-state index contributed by atoms with van der Waals surface area (Å²) >= 11 is 0. The van der Waals surface area contributed by atoms with Crippen LogP contribution in [0.15, 0.2) is 18.2 Å². The molecule has 2 heterocycles. The van der Waals surface area contributed by atoms with Gasteiger partial charge < -0.3 is 5.32 Å². The maximum absolute atomic E-state index is 4.79. The molecule has 0 aromatic carbocycles. The summed E-state index contributed by atoms with van der Waals surface area (Å²) in [5, 5.41) is 3.46. The van der Waals surface area contributed by atoms with Gasteiger partial charge in [-0.3, -0.25) is 9.88 Å². The highest BCUT2D eigenvalue weighted by Crippen LogP contribution is 2.18. The lowest BCUT2D eigenvalue weighted by atomic mass is 10.0. The SMILES string of the molecule is CC(C)CNCc1cccc(CN2CCCCC2C)n1. The van der Waals surface area contributed by atoms with Gasteiger partial charge in [0, 0.05) is 19.1 Å². The fourth-order valence-corrected chi connectivity index (χ4v) is 2.81. The van der Waals surface area contributed by atoms with Crippen LogP contribution < -0.4 is 5.32 Å². The van der Waals surface area contributed by atoms with Crippen molar-refractivity contribution in [3.8, 4) is 0 Å². The molecule has 1 N–H and O–H groups in total. The Morgan fingerprint density at radius 2 is 2.10 bits per heavy atom. The molecule has 1 saturated heterocycles. The average Bonchev–Trinajstić information content (AvgIpc) is 2.41. The summed E-state index contributed by atoms with van der Waals surface area (Å²) in [6, 6.07) is 7.13. The summed E-state index contributed by atoms with van der Waals surface area (Å²) in [7, 11) is 0. The normalized spacial score (nSPS) is 20.5. The quantitative estimate of drug-likeness (QED) is 0.864. The van der Waals surface area contributed by atoms with Crippen LogP contribution in [0.5, 0.6) is 0 Å². The molecule has 0 bridgehead atoms. The first-order valence-corrected chi connectivity index (χ1v) is 8.04. The molecule has 0 aliphatic carbocycles. The minimum atomic E-state index is 0.687. The fraction of sp³-hybridized carbons (Fsp3) is 0.706. The van der Waals surface area contributed by atoms with Crippen LogP contribution in [-0.4, -0.2) is 29.0 Å². The lowest BCUT2D eigenvalue weighted by Gasteiger charge is -2.33. The molecule has 112 valence electrons. The van der Waals surface area contributed by atoms with Crippen molar-refractivity contribution in [3.63, 3.8) is 0 Å². The van der Waals surface area contributed by atoms with E-state index in [0.29, 0.717) is 12.0 Å². The number of aromatic nitrogens is 1. The number of hydrogen-bond donors (Lipinski definition) is 1. The summed E-state index contributed by atoms with van der Waals surface area (Å²) in [5.74, 6) is 0.687. The topological polar surface area (TPSA) is 28.2 Å². The number of nitrogens with zero attached hydrogens (tertiary/aromatic N) is 2. The van der Waals surface area contributed by atoms with Crippen molar-refractivity contribution >= 4 is 0 Å². The monoisotopic (exact) mass is 275 g/mol. The second kappa shape index (κ2) is 7.75. The maximum Gasteiger partial charge on any atom is 0.0547 e. The zero-order valence-corrected chi connectivity index (χ0v) is 13.2. The van der Waals surface area contributed by atoms with Gasteiger partial charge in [0.25, 0.3) is 0 Å². The smallest absolute Gasteiger partial charge is 0.0547 e. The lowest BCUT2D eigenvalue weighted by Crippen LogP contribution is -2.37. The van der Waals surface area contributed by atoms with Crippen molar-refractivity contribution < 1.29 is 0 Å². The number of likely N-dealkylation sites (tertiary alicyclic amines) is 1. The summed E-state index contributed by atoms with van der Waals surface area (Å²) in [6.45, 7) is 10.9. The summed E-state index contributed by atoms with van der Waals surface area (Å²) < 4.78 is 0. The van der Waals surface area contributed by atoms with Crippen LogP contribution >= 0.6 is 0 Å². The third-order valence-electron chi connectivity index (χ3n) is 4.03. The Labute approximate surface area is 123 Å². The molecular weight excluding hydrogens is 246 g/mol. The largest absolute Gasteiger partial charge is 0.311 e. The number of rotatable bonds is 6. The van der Waals surface area contributed by atoms with Gasteiger partial charge in [0.15, 0.2) is 0 Å². The third-order valence-corrected chi connectivity index (χ3v) is 4.03. The second-order valence-corrected chi connectivity index (χ2v) is 6.46. The van der Waals surface area contributed by atoms with Crippen LogP contribution in [0.3, 0.4) is 0 Å².